The number of rotatable bonds is 6. The number of carbonyl (C=O) groups excluding carboxylic acids is 2. The summed E-state index contributed by atoms with van der Waals surface area (Å²) in [6.07, 6.45) is 2.78. The van der Waals surface area contributed by atoms with Crippen LogP contribution in [0.1, 0.15) is 40.4 Å². The van der Waals surface area contributed by atoms with E-state index in [0.29, 0.717) is 0 Å². The summed E-state index contributed by atoms with van der Waals surface area (Å²) >= 11 is 0.274. The van der Waals surface area contributed by atoms with Gasteiger partial charge in [-0.2, -0.15) is 8.78 Å². The first-order chi connectivity index (χ1) is 13.0. The van der Waals surface area contributed by atoms with Crippen LogP contribution in [0.5, 0.6) is 0 Å². The maximum Gasteiger partial charge on any atom is 0.339 e. The minimum Gasteiger partial charge on any atom is -0.452 e. The van der Waals surface area contributed by atoms with Gasteiger partial charge in [0.1, 0.15) is 0 Å². The molecular weight excluding hydrogens is 372 g/mol. The average Bonchev–Trinajstić information content (AvgIpc) is 2.66. The molecule has 142 valence electrons. The maximum absolute atomic E-state index is 12.6. The lowest BCUT2D eigenvalue weighted by Gasteiger charge is -2.26. The summed E-state index contributed by atoms with van der Waals surface area (Å²) in [5, 5.41) is 2.89. The van der Waals surface area contributed by atoms with Gasteiger partial charge in [0.15, 0.2) is 6.61 Å². The van der Waals surface area contributed by atoms with Crippen LogP contribution < -0.4 is 5.32 Å². The zero-order chi connectivity index (χ0) is 19.2. The van der Waals surface area contributed by atoms with Gasteiger partial charge < -0.3 is 10.1 Å². The highest BCUT2D eigenvalue weighted by Gasteiger charge is 2.22. The first kappa shape index (κ1) is 19.4. The molecule has 1 atom stereocenters. The van der Waals surface area contributed by atoms with Crippen molar-refractivity contribution in [2.24, 2.45) is 0 Å². The number of nitrogens with one attached hydrogen (secondary N) is 1. The topological polar surface area (TPSA) is 55.4 Å². The van der Waals surface area contributed by atoms with Gasteiger partial charge in [0.25, 0.3) is 11.7 Å². The fraction of sp³-hybridized carbons (Fsp3) is 0.300. The normalized spacial score (nSPS) is 15.9. The van der Waals surface area contributed by atoms with E-state index in [1.54, 1.807) is 12.1 Å². The van der Waals surface area contributed by atoms with E-state index in [9.17, 15) is 18.4 Å². The van der Waals surface area contributed by atoms with Crippen molar-refractivity contribution in [3.8, 4) is 0 Å². The summed E-state index contributed by atoms with van der Waals surface area (Å²) in [6.45, 7) is -0.453. The SMILES string of the molecule is O=C(COC(=O)c1ccccc1SC(F)F)N[C@@H]1CCCc2ccccc21. The molecule has 0 heterocycles. The molecular formula is C20H19F2NO3S. The number of fused-ring (bicyclic) bond motifs is 1. The quantitative estimate of drug-likeness (QED) is 0.588. The van der Waals surface area contributed by atoms with Crippen LogP contribution in [0.2, 0.25) is 0 Å². The third-order valence-electron chi connectivity index (χ3n) is 4.36. The molecule has 27 heavy (non-hydrogen) atoms. The van der Waals surface area contributed by atoms with Crippen LogP contribution in [-0.4, -0.2) is 24.2 Å². The maximum atomic E-state index is 12.6. The highest BCUT2D eigenvalue weighted by molar-refractivity contribution is 7.99. The molecule has 7 heteroatoms. The number of benzene rings is 2. The molecule has 4 nitrogen and oxygen atoms in total. The Morgan fingerprint density at radius 1 is 1.15 bits per heavy atom. The van der Waals surface area contributed by atoms with Crippen LogP contribution in [0.25, 0.3) is 0 Å². The van der Waals surface area contributed by atoms with Gasteiger partial charge >= 0.3 is 5.97 Å². The Labute approximate surface area is 160 Å². The molecule has 0 radical (unpaired) electrons. The van der Waals surface area contributed by atoms with Gasteiger partial charge in [-0.25, -0.2) is 4.79 Å². The monoisotopic (exact) mass is 391 g/mol. The Morgan fingerprint density at radius 3 is 2.70 bits per heavy atom. The molecule has 0 saturated carbocycles. The van der Waals surface area contributed by atoms with E-state index in [1.165, 1.54) is 17.7 Å². The first-order valence-electron chi connectivity index (χ1n) is 8.62. The number of alkyl halides is 2. The van der Waals surface area contributed by atoms with E-state index < -0.39 is 24.2 Å². The molecule has 0 fully saturated rings. The fourth-order valence-electron chi connectivity index (χ4n) is 3.18. The van der Waals surface area contributed by atoms with Crippen LogP contribution >= 0.6 is 11.8 Å². The zero-order valence-corrected chi connectivity index (χ0v) is 15.3. The molecule has 0 saturated heterocycles. The van der Waals surface area contributed by atoms with E-state index in [1.807, 2.05) is 24.3 Å². The van der Waals surface area contributed by atoms with Crippen LogP contribution in [0.3, 0.4) is 0 Å². The number of halogens is 2. The molecule has 1 aliphatic rings. The Morgan fingerprint density at radius 2 is 1.89 bits per heavy atom. The number of amides is 1. The number of aryl methyl sites for hydroxylation is 1. The van der Waals surface area contributed by atoms with Gasteiger partial charge in [-0.15, -0.1) is 0 Å². The zero-order valence-electron chi connectivity index (χ0n) is 14.5. The number of hydrogen-bond donors (Lipinski definition) is 1. The number of esters is 1. The van der Waals surface area contributed by atoms with Crippen molar-refractivity contribution in [2.75, 3.05) is 6.61 Å². The van der Waals surface area contributed by atoms with E-state index in [0.717, 1.165) is 24.8 Å². The Hall–Kier alpha value is -2.41. The Kier molecular flexibility index (Phi) is 6.45. The number of ether oxygens (including phenoxy) is 1. The summed E-state index contributed by atoms with van der Waals surface area (Å²) in [4.78, 5) is 24.5. The third kappa shape index (κ3) is 5.07. The van der Waals surface area contributed by atoms with Crippen molar-refractivity contribution in [2.45, 2.75) is 36.0 Å². The average molecular weight is 391 g/mol. The first-order valence-corrected chi connectivity index (χ1v) is 9.50. The molecule has 1 aliphatic carbocycles. The summed E-state index contributed by atoms with van der Waals surface area (Å²) in [5.41, 5.74) is 2.32. The number of thioether (sulfide) groups is 1. The highest BCUT2D eigenvalue weighted by Crippen LogP contribution is 2.30. The Bertz CT molecular complexity index is 828. The van der Waals surface area contributed by atoms with E-state index in [4.69, 9.17) is 4.74 Å². The van der Waals surface area contributed by atoms with E-state index in [2.05, 4.69) is 5.32 Å². The predicted octanol–water partition coefficient (Wildman–Crippen LogP) is 4.35. The van der Waals surface area contributed by atoms with Crippen molar-refractivity contribution in [3.63, 3.8) is 0 Å². The predicted molar refractivity (Wildman–Crippen MR) is 98.8 cm³/mol. The second kappa shape index (κ2) is 8.99. The molecule has 0 bridgehead atoms. The minimum atomic E-state index is -2.64. The standard InChI is InChI=1S/C20H19F2NO3S/c21-20(22)27-17-11-4-3-9-15(17)19(25)26-12-18(24)23-16-10-5-7-13-6-1-2-8-14(13)16/h1-4,6,8-9,11,16,20H,5,7,10,12H2,(H,23,24)/t16-/m1/s1. The lowest BCUT2D eigenvalue weighted by Crippen LogP contribution is -2.34. The lowest BCUT2D eigenvalue weighted by molar-refractivity contribution is -0.125. The number of hydrogen-bond acceptors (Lipinski definition) is 4. The smallest absolute Gasteiger partial charge is 0.339 e. The van der Waals surface area contributed by atoms with E-state index >= 15 is 0 Å². The van der Waals surface area contributed by atoms with Crippen LogP contribution in [0.4, 0.5) is 8.78 Å². The second-order valence-corrected chi connectivity index (χ2v) is 7.19. The van der Waals surface area contributed by atoms with Gasteiger partial charge in [0, 0.05) is 4.90 Å². The van der Waals surface area contributed by atoms with Crippen molar-refractivity contribution in [1.82, 2.24) is 5.32 Å². The molecule has 3 rings (SSSR count). The molecule has 1 N–H and O–H groups in total. The molecule has 0 spiro atoms. The van der Waals surface area contributed by atoms with Crippen molar-refractivity contribution in [1.29, 1.82) is 0 Å². The van der Waals surface area contributed by atoms with Crippen LogP contribution in [0.15, 0.2) is 53.4 Å². The Balaban J connectivity index is 1.58. The molecule has 0 unspecified atom stereocenters. The largest absolute Gasteiger partial charge is 0.452 e. The fourth-order valence-corrected chi connectivity index (χ4v) is 3.81. The molecule has 0 aliphatic heterocycles. The number of carbonyl (C=O) groups is 2. The van der Waals surface area contributed by atoms with Gasteiger partial charge in [-0.3, -0.25) is 4.79 Å². The highest BCUT2D eigenvalue weighted by atomic mass is 32.2. The summed E-state index contributed by atoms with van der Waals surface area (Å²) in [5.74, 6) is -3.85. The van der Waals surface area contributed by atoms with Gasteiger partial charge in [-0.05, 0) is 42.5 Å². The minimum absolute atomic E-state index is 0.0265. The molecule has 2 aromatic carbocycles. The van der Waals surface area contributed by atoms with Crippen molar-refractivity contribution in [3.05, 3.63) is 65.2 Å². The molecule has 1 amide bonds. The lowest BCUT2D eigenvalue weighted by atomic mass is 9.88. The summed E-state index contributed by atoms with van der Waals surface area (Å²) in [7, 11) is 0. The second-order valence-electron chi connectivity index (χ2n) is 6.16. The van der Waals surface area contributed by atoms with Crippen LogP contribution in [-0.2, 0) is 16.0 Å². The summed E-state index contributed by atoms with van der Waals surface area (Å²) in [6, 6.07) is 13.8. The van der Waals surface area contributed by atoms with Crippen molar-refractivity contribution >= 4 is 23.6 Å². The van der Waals surface area contributed by atoms with Gasteiger partial charge in [0.05, 0.1) is 11.6 Å². The molecule has 2 aromatic rings. The van der Waals surface area contributed by atoms with Gasteiger partial charge in [0.2, 0.25) is 0 Å². The van der Waals surface area contributed by atoms with Gasteiger partial charge in [-0.1, -0.05) is 48.2 Å². The van der Waals surface area contributed by atoms with Crippen molar-refractivity contribution < 1.29 is 23.1 Å². The van der Waals surface area contributed by atoms with Crippen LogP contribution in [0, 0.1) is 0 Å². The molecule has 0 aromatic heterocycles. The summed E-state index contributed by atoms with van der Waals surface area (Å²) < 4.78 is 30.2. The third-order valence-corrected chi connectivity index (χ3v) is 5.15. The van der Waals surface area contributed by atoms with E-state index in [-0.39, 0.29) is 28.3 Å².